The van der Waals surface area contributed by atoms with Gasteiger partial charge in [-0.3, -0.25) is 0 Å². The van der Waals surface area contributed by atoms with E-state index < -0.39 is 11.7 Å². The van der Waals surface area contributed by atoms with E-state index in [4.69, 9.17) is 9.47 Å². The van der Waals surface area contributed by atoms with Gasteiger partial charge < -0.3 is 24.6 Å². The minimum Gasteiger partial charge on any atom is -0.493 e. The van der Waals surface area contributed by atoms with Crippen molar-refractivity contribution in [2.45, 2.75) is 55.5 Å². The molecule has 4 bridgehead atoms. The van der Waals surface area contributed by atoms with Crippen LogP contribution in [0.5, 0.6) is 11.5 Å². The maximum absolute atomic E-state index is 11.8. The van der Waals surface area contributed by atoms with Crippen LogP contribution in [0.4, 0.5) is 0 Å². The molecule has 5 heteroatoms. The van der Waals surface area contributed by atoms with Gasteiger partial charge in [-0.25, -0.2) is 0 Å². The first-order chi connectivity index (χ1) is 12.9. The Kier molecular flexibility index (Phi) is 2.86. The normalized spacial score (nSPS) is 46.8. The van der Waals surface area contributed by atoms with E-state index >= 15 is 0 Å². The molecule has 1 saturated carbocycles. The summed E-state index contributed by atoms with van der Waals surface area (Å²) in [5.74, 6) is 1.35. The second-order valence-electron chi connectivity index (χ2n) is 9.36. The molecule has 27 heavy (non-hydrogen) atoms. The molecule has 5 nitrogen and oxygen atoms in total. The van der Waals surface area contributed by atoms with E-state index in [-0.39, 0.29) is 22.9 Å². The van der Waals surface area contributed by atoms with Crippen molar-refractivity contribution >= 4 is 0 Å². The van der Waals surface area contributed by atoms with Crippen LogP contribution >= 0.6 is 0 Å². The molecule has 1 aromatic carbocycles. The molecule has 7 rings (SSSR count). The number of aliphatic hydroxyl groups excluding tert-OH is 1. The third-order valence-electron chi connectivity index (χ3n) is 8.59. The molecule has 144 valence electrons. The van der Waals surface area contributed by atoms with Crippen LogP contribution in [-0.2, 0) is 11.8 Å². The molecule has 0 unspecified atom stereocenters. The average molecular weight is 369 g/mol. The molecule has 0 amide bonds. The number of hydrogen-bond donors (Lipinski definition) is 2. The predicted octanol–water partition coefficient (Wildman–Crippen LogP) is 1.64. The van der Waals surface area contributed by atoms with Crippen molar-refractivity contribution in [3.63, 3.8) is 0 Å². The Bertz CT molecular complexity index is 881. The molecule has 2 aliphatic heterocycles. The maximum atomic E-state index is 11.8. The van der Waals surface area contributed by atoms with Gasteiger partial charge in [0, 0.05) is 22.9 Å². The first kappa shape index (κ1) is 16.4. The SMILES string of the molecule is COc1ccc2c3c1O[C@H]1[C@]4(O)C=C[C@@]5(C[C@@H]4[C@@H](C)O)[C@@H](C2)N(C)CC[C@]315. The number of ether oxygens (including phenoxy) is 2. The monoisotopic (exact) mass is 369 g/mol. The maximum Gasteiger partial charge on any atom is 0.166 e. The van der Waals surface area contributed by atoms with Gasteiger partial charge in [0.1, 0.15) is 11.7 Å². The van der Waals surface area contributed by atoms with Crippen LogP contribution < -0.4 is 9.47 Å². The van der Waals surface area contributed by atoms with E-state index in [0.717, 1.165) is 37.3 Å². The highest BCUT2D eigenvalue weighted by Crippen LogP contribution is 2.74. The third kappa shape index (κ3) is 1.50. The van der Waals surface area contributed by atoms with Gasteiger partial charge in [-0.1, -0.05) is 18.2 Å². The number of benzene rings is 1. The van der Waals surface area contributed by atoms with Crippen LogP contribution in [0.2, 0.25) is 0 Å². The largest absolute Gasteiger partial charge is 0.493 e. The van der Waals surface area contributed by atoms with Crippen LogP contribution in [0.15, 0.2) is 24.3 Å². The first-order valence-electron chi connectivity index (χ1n) is 10.1. The minimum absolute atomic E-state index is 0.124. The van der Waals surface area contributed by atoms with E-state index in [1.165, 1.54) is 11.1 Å². The summed E-state index contributed by atoms with van der Waals surface area (Å²) < 4.78 is 12.2. The average Bonchev–Trinajstić information content (AvgIpc) is 3.02. The summed E-state index contributed by atoms with van der Waals surface area (Å²) in [6.45, 7) is 2.79. The fraction of sp³-hybridized carbons (Fsp3) is 0.636. The van der Waals surface area contributed by atoms with E-state index in [2.05, 4.69) is 24.1 Å². The van der Waals surface area contributed by atoms with Crippen molar-refractivity contribution in [3.8, 4) is 11.5 Å². The van der Waals surface area contributed by atoms with Crippen molar-refractivity contribution in [2.75, 3.05) is 20.7 Å². The topological polar surface area (TPSA) is 62.2 Å². The molecular weight excluding hydrogens is 342 g/mol. The number of rotatable bonds is 2. The van der Waals surface area contributed by atoms with Crippen molar-refractivity contribution in [3.05, 3.63) is 35.4 Å². The van der Waals surface area contributed by atoms with Crippen molar-refractivity contribution in [2.24, 2.45) is 11.3 Å². The predicted molar refractivity (Wildman–Crippen MR) is 100 cm³/mol. The van der Waals surface area contributed by atoms with E-state index in [9.17, 15) is 10.2 Å². The van der Waals surface area contributed by atoms with Gasteiger partial charge in [-0.2, -0.15) is 0 Å². The molecule has 2 spiro atoms. The fourth-order valence-corrected chi connectivity index (χ4v) is 7.51. The zero-order chi connectivity index (χ0) is 18.8. The Morgan fingerprint density at radius 3 is 2.89 bits per heavy atom. The second-order valence-corrected chi connectivity index (χ2v) is 9.36. The van der Waals surface area contributed by atoms with E-state index in [0.29, 0.717) is 6.04 Å². The molecule has 0 radical (unpaired) electrons. The summed E-state index contributed by atoms with van der Waals surface area (Å²) in [6.07, 6.45) is 5.99. The number of likely N-dealkylation sites (N-methyl/N-ethyl adjacent to an activating group) is 1. The number of aliphatic hydroxyl groups is 2. The molecule has 6 aliphatic rings. The Labute approximate surface area is 159 Å². The highest BCUT2D eigenvalue weighted by atomic mass is 16.5. The Morgan fingerprint density at radius 2 is 2.15 bits per heavy atom. The highest BCUT2D eigenvalue weighted by molar-refractivity contribution is 5.65. The smallest absolute Gasteiger partial charge is 0.166 e. The van der Waals surface area contributed by atoms with Crippen LogP contribution in [0.25, 0.3) is 0 Å². The number of methoxy groups -OCH3 is 1. The number of likely N-dealkylation sites (tertiary alicyclic amines) is 1. The summed E-state index contributed by atoms with van der Waals surface area (Å²) in [4.78, 5) is 2.48. The fourth-order valence-electron chi connectivity index (χ4n) is 7.51. The lowest BCUT2D eigenvalue weighted by Crippen LogP contribution is -2.79. The number of nitrogens with zero attached hydrogens (tertiary/aromatic N) is 1. The van der Waals surface area contributed by atoms with Crippen molar-refractivity contribution in [1.29, 1.82) is 0 Å². The molecule has 1 aromatic rings. The summed E-state index contributed by atoms with van der Waals surface area (Å²) in [7, 11) is 3.89. The Balaban J connectivity index is 1.70. The van der Waals surface area contributed by atoms with Crippen LogP contribution in [-0.4, -0.2) is 59.7 Å². The molecule has 4 aliphatic carbocycles. The molecule has 2 fully saturated rings. The molecule has 0 aromatic heterocycles. The first-order valence-corrected chi connectivity index (χ1v) is 10.1. The van der Waals surface area contributed by atoms with Crippen LogP contribution in [0.3, 0.4) is 0 Å². The number of fused-ring (bicyclic) bond motifs is 1. The van der Waals surface area contributed by atoms with E-state index in [1.807, 2.05) is 12.1 Å². The molecular formula is C22H27NO4. The van der Waals surface area contributed by atoms with Gasteiger partial charge in [-0.15, -0.1) is 0 Å². The Hall–Kier alpha value is -1.56. The molecule has 2 N–H and O–H groups in total. The van der Waals surface area contributed by atoms with Crippen molar-refractivity contribution < 1.29 is 19.7 Å². The van der Waals surface area contributed by atoms with Gasteiger partial charge in [0.15, 0.2) is 11.5 Å². The summed E-state index contributed by atoms with van der Waals surface area (Å²) >= 11 is 0. The van der Waals surface area contributed by atoms with Gasteiger partial charge >= 0.3 is 0 Å². The summed E-state index contributed by atoms with van der Waals surface area (Å²) in [5, 5.41) is 22.4. The van der Waals surface area contributed by atoms with Gasteiger partial charge in [0.2, 0.25) is 0 Å². The van der Waals surface area contributed by atoms with E-state index in [1.54, 1.807) is 14.0 Å². The summed E-state index contributed by atoms with van der Waals surface area (Å²) in [6, 6.07) is 4.54. The lowest BCUT2D eigenvalue weighted by molar-refractivity contribution is -0.218. The zero-order valence-electron chi connectivity index (χ0n) is 16.1. The molecule has 2 heterocycles. The zero-order valence-corrected chi connectivity index (χ0v) is 16.1. The van der Waals surface area contributed by atoms with Gasteiger partial charge in [0.05, 0.1) is 18.6 Å². The minimum atomic E-state index is -1.16. The van der Waals surface area contributed by atoms with Crippen LogP contribution in [0.1, 0.15) is 30.9 Å². The molecule has 1 saturated heterocycles. The van der Waals surface area contributed by atoms with Gasteiger partial charge in [0.25, 0.3) is 0 Å². The second kappa shape index (κ2) is 4.70. The standard InChI is InChI=1S/C22H27NO4/c1-12(24)14-11-20-6-7-22(14,25)19-21(20)8-9-23(2)16(20)10-13-4-5-15(26-3)18(27-19)17(13)21/h4-7,12,14,16,19,24-25H,8-11H2,1-3H3/t12-,14-,16-,19-,20-,21+,22+/m1/s1. The molecule has 7 atom stereocenters. The quantitative estimate of drug-likeness (QED) is 0.776. The highest BCUT2D eigenvalue weighted by Gasteiger charge is 2.78. The Morgan fingerprint density at radius 1 is 1.33 bits per heavy atom. The summed E-state index contributed by atoms with van der Waals surface area (Å²) in [5.41, 5.74) is 1.07. The lowest BCUT2D eigenvalue weighted by atomic mass is 9.37. The lowest BCUT2D eigenvalue weighted by Gasteiger charge is -2.70. The number of piperidine rings is 1. The van der Waals surface area contributed by atoms with Crippen molar-refractivity contribution in [1.82, 2.24) is 4.90 Å². The number of hydrogen-bond acceptors (Lipinski definition) is 5. The van der Waals surface area contributed by atoms with Crippen LogP contribution in [0, 0.1) is 11.3 Å². The third-order valence-corrected chi connectivity index (χ3v) is 8.59. The van der Waals surface area contributed by atoms with Gasteiger partial charge in [-0.05, 0) is 51.4 Å².